The zero-order valence-electron chi connectivity index (χ0n) is 14.0. The van der Waals surface area contributed by atoms with Gasteiger partial charge < -0.3 is 15.5 Å². The van der Waals surface area contributed by atoms with E-state index in [1.54, 1.807) is 25.4 Å². The number of rotatable bonds is 5. The van der Waals surface area contributed by atoms with Crippen LogP contribution in [-0.2, 0) is 9.59 Å². The van der Waals surface area contributed by atoms with Crippen molar-refractivity contribution < 1.29 is 9.59 Å². The van der Waals surface area contributed by atoms with Crippen LogP contribution in [0.15, 0.2) is 0 Å². The van der Waals surface area contributed by atoms with E-state index in [-0.39, 0.29) is 24.9 Å². The van der Waals surface area contributed by atoms with Crippen LogP contribution >= 0.6 is 11.3 Å². The van der Waals surface area contributed by atoms with E-state index < -0.39 is 0 Å². The molecule has 2 amide bonds. The van der Waals surface area contributed by atoms with Gasteiger partial charge in [0.25, 0.3) is 0 Å². The molecule has 0 spiro atoms. The lowest BCUT2D eigenvalue weighted by Gasteiger charge is -2.12. The number of nitrogens with one attached hydrogen (secondary N) is 2. The molecule has 0 fully saturated rings. The Bertz CT molecular complexity index is 754. The van der Waals surface area contributed by atoms with Gasteiger partial charge in [-0.25, -0.2) is 9.97 Å². The predicted molar refractivity (Wildman–Crippen MR) is 91.8 cm³/mol. The number of hydrogen-bond acceptors (Lipinski definition) is 6. The van der Waals surface area contributed by atoms with Gasteiger partial charge in [-0.1, -0.05) is 0 Å². The molecule has 0 atom stereocenters. The lowest BCUT2D eigenvalue weighted by molar-refractivity contribution is -0.130. The molecule has 2 heterocycles. The smallest absolute Gasteiger partial charge is 0.241 e. The van der Waals surface area contributed by atoms with Crippen LogP contribution < -0.4 is 10.6 Å². The minimum atomic E-state index is -0.255. The SMILES string of the molecule is Cc1nc(NCC(=O)NCC(=O)N(C)C)c2c(C)c(C)sc2n1. The molecule has 0 saturated carbocycles. The molecule has 0 radical (unpaired) electrons. The maximum atomic E-state index is 11.9. The minimum Gasteiger partial charge on any atom is -0.360 e. The fourth-order valence-electron chi connectivity index (χ4n) is 2.04. The molecule has 0 bridgehead atoms. The van der Waals surface area contributed by atoms with Crippen LogP contribution in [0.2, 0.25) is 0 Å². The highest BCUT2D eigenvalue weighted by atomic mass is 32.1. The van der Waals surface area contributed by atoms with Crippen molar-refractivity contribution >= 4 is 39.2 Å². The van der Waals surface area contributed by atoms with E-state index >= 15 is 0 Å². The number of hydrogen-bond donors (Lipinski definition) is 2. The van der Waals surface area contributed by atoms with E-state index in [2.05, 4.69) is 20.6 Å². The molecule has 2 aromatic heterocycles. The number of aromatic nitrogens is 2. The van der Waals surface area contributed by atoms with Crippen molar-refractivity contribution in [1.82, 2.24) is 20.2 Å². The van der Waals surface area contributed by atoms with Gasteiger partial charge in [0, 0.05) is 19.0 Å². The molecule has 8 heteroatoms. The number of carbonyl (C=O) groups is 2. The van der Waals surface area contributed by atoms with E-state index in [1.807, 2.05) is 20.8 Å². The number of fused-ring (bicyclic) bond motifs is 1. The fourth-order valence-corrected chi connectivity index (χ4v) is 3.12. The lowest BCUT2D eigenvalue weighted by atomic mass is 10.2. The first-order chi connectivity index (χ1) is 10.8. The highest BCUT2D eigenvalue weighted by Gasteiger charge is 2.14. The number of carbonyl (C=O) groups excluding carboxylic acids is 2. The summed E-state index contributed by atoms with van der Waals surface area (Å²) in [5.74, 6) is 0.907. The molecule has 0 unspecified atom stereocenters. The van der Waals surface area contributed by atoms with E-state index in [0.717, 1.165) is 15.8 Å². The lowest BCUT2D eigenvalue weighted by Crippen LogP contribution is -2.38. The molecular weight excluding hydrogens is 314 g/mol. The standard InChI is InChI=1S/C15H21N5O2S/c1-8-9(2)23-15-13(8)14(18-10(3)19-15)17-6-11(21)16-7-12(22)20(4)5/h6-7H2,1-5H3,(H,16,21)(H,17,18,19). The largest absolute Gasteiger partial charge is 0.360 e. The van der Waals surface area contributed by atoms with Gasteiger partial charge in [-0.3, -0.25) is 9.59 Å². The summed E-state index contributed by atoms with van der Waals surface area (Å²) in [6.07, 6.45) is 0. The molecule has 23 heavy (non-hydrogen) atoms. The van der Waals surface area contributed by atoms with Gasteiger partial charge in [-0.05, 0) is 26.3 Å². The number of amides is 2. The van der Waals surface area contributed by atoms with Crippen molar-refractivity contribution in [2.24, 2.45) is 0 Å². The Morgan fingerprint density at radius 2 is 1.83 bits per heavy atom. The molecule has 2 N–H and O–H groups in total. The van der Waals surface area contributed by atoms with Crippen molar-refractivity contribution in [2.45, 2.75) is 20.8 Å². The van der Waals surface area contributed by atoms with Crippen LogP contribution in [0.3, 0.4) is 0 Å². The summed E-state index contributed by atoms with van der Waals surface area (Å²) in [5.41, 5.74) is 1.12. The van der Waals surface area contributed by atoms with Gasteiger partial charge in [0.05, 0.1) is 18.5 Å². The number of nitrogens with zero attached hydrogens (tertiary/aromatic N) is 3. The average Bonchev–Trinajstić information content (AvgIpc) is 2.76. The number of anilines is 1. The highest BCUT2D eigenvalue weighted by Crippen LogP contribution is 2.32. The Morgan fingerprint density at radius 3 is 2.48 bits per heavy atom. The Hall–Kier alpha value is -2.22. The summed E-state index contributed by atoms with van der Waals surface area (Å²) in [5, 5.41) is 6.59. The van der Waals surface area contributed by atoms with Crippen LogP contribution in [0, 0.1) is 20.8 Å². The second-order valence-corrected chi connectivity index (χ2v) is 6.70. The molecule has 0 saturated heterocycles. The summed E-state index contributed by atoms with van der Waals surface area (Å²) >= 11 is 1.62. The molecule has 0 aliphatic heterocycles. The van der Waals surface area contributed by atoms with Gasteiger partial charge in [0.15, 0.2) is 0 Å². The minimum absolute atomic E-state index is 0.0116. The molecular formula is C15H21N5O2S. The number of thiophene rings is 1. The fraction of sp³-hybridized carbons (Fsp3) is 0.467. The second kappa shape index (κ2) is 6.91. The van der Waals surface area contributed by atoms with Crippen LogP contribution in [0.4, 0.5) is 5.82 Å². The molecule has 0 aliphatic carbocycles. The normalized spacial score (nSPS) is 10.7. The summed E-state index contributed by atoms with van der Waals surface area (Å²) < 4.78 is 0. The topological polar surface area (TPSA) is 87.2 Å². The first kappa shape index (κ1) is 17.1. The third-order valence-electron chi connectivity index (χ3n) is 3.49. The molecule has 0 aliphatic rings. The Labute approximate surface area is 139 Å². The average molecular weight is 335 g/mol. The molecule has 124 valence electrons. The summed E-state index contributed by atoms with van der Waals surface area (Å²) in [6.45, 7) is 5.93. The van der Waals surface area contributed by atoms with Crippen molar-refractivity contribution in [1.29, 1.82) is 0 Å². The van der Waals surface area contributed by atoms with Crippen molar-refractivity contribution in [3.05, 3.63) is 16.3 Å². The van der Waals surface area contributed by atoms with E-state index in [9.17, 15) is 9.59 Å². The maximum absolute atomic E-state index is 11.9. The predicted octanol–water partition coefficient (Wildman–Crippen LogP) is 1.23. The molecule has 7 nitrogen and oxygen atoms in total. The monoisotopic (exact) mass is 335 g/mol. The zero-order chi connectivity index (χ0) is 17.1. The second-order valence-electron chi connectivity index (χ2n) is 5.50. The van der Waals surface area contributed by atoms with Crippen LogP contribution in [0.5, 0.6) is 0 Å². The van der Waals surface area contributed by atoms with E-state index in [1.165, 1.54) is 9.78 Å². The summed E-state index contributed by atoms with van der Waals surface area (Å²) in [7, 11) is 3.30. The number of likely N-dealkylation sites (N-methyl/N-ethyl adjacent to an activating group) is 1. The Morgan fingerprint density at radius 1 is 1.13 bits per heavy atom. The molecule has 2 aromatic rings. The van der Waals surface area contributed by atoms with Gasteiger partial charge in [0.2, 0.25) is 11.8 Å². The zero-order valence-corrected chi connectivity index (χ0v) is 14.8. The van der Waals surface area contributed by atoms with E-state index in [4.69, 9.17) is 0 Å². The third kappa shape index (κ3) is 3.95. The first-order valence-corrected chi connectivity index (χ1v) is 8.06. The van der Waals surface area contributed by atoms with Crippen molar-refractivity contribution in [3.63, 3.8) is 0 Å². The number of aryl methyl sites for hydroxylation is 3. The van der Waals surface area contributed by atoms with Crippen LogP contribution in [0.25, 0.3) is 10.2 Å². The summed E-state index contributed by atoms with van der Waals surface area (Å²) in [6, 6.07) is 0. The third-order valence-corrected chi connectivity index (χ3v) is 4.59. The van der Waals surface area contributed by atoms with Crippen molar-refractivity contribution in [2.75, 3.05) is 32.5 Å². The maximum Gasteiger partial charge on any atom is 0.241 e. The quantitative estimate of drug-likeness (QED) is 0.858. The Kier molecular flexibility index (Phi) is 5.15. The van der Waals surface area contributed by atoms with Gasteiger partial charge in [0.1, 0.15) is 16.5 Å². The Balaban J connectivity index is 2.07. The van der Waals surface area contributed by atoms with Crippen LogP contribution in [0.1, 0.15) is 16.3 Å². The first-order valence-electron chi connectivity index (χ1n) is 7.24. The summed E-state index contributed by atoms with van der Waals surface area (Å²) in [4.78, 5) is 35.7. The van der Waals surface area contributed by atoms with Gasteiger partial charge in [-0.15, -0.1) is 11.3 Å². The van der Waals surface area contributed by atoms with Gasteiger partial charge >= 0.3 is 0 Å². The van der Waals surface area contributed by atoms with Crippen LogP contribution in [-0.4, -0.2) is 53.9 Å². The van der Waals surface area contributed by atoms with Gasteiger partial charge in [-0.2, -0.15) is 0 Å². The highest BCUT2D eigenvalue weighted by molar-refractivity contribution is 7.18. The van der Waals surface area contributed by atoms with Crippen molar-refractivity contribution in [3.8, 4) is 0 Å². The molecule has 0 aromatic carbocycles. The molecule has 2 rings (SSSR count). The van der Waals surface area contributed by atoms with E-state index in [0.29, 0.717) is 11.6 Å².